The number of H-pyrrole nitrogens is 1. The molecule has 0 radical (unpaired) electrons. The summed E-state index contributed by atoms with van der Waals surface area (Å²) in [5, 5.41) is 12.8. The number of aryl methyl sites for hydroxylation is 3. The Morgan fingerprint density at radius 3 is 2.79 bits per heavy atom. The molecule has 1 aromatic carbocycles. The van der Waals surface area contributed by atoms with Crippen LogP contribution in [-0.2, 0) is 19.9 Å². The number of nitrogens with one attached hydrogen (secondary N) is 3. The standard InChI is InChI=1S/C22H32N6/c1-15(13-20-16(2)27-28(5)17(20)3)26-22(23-4)24-12-8-9-18-14-25-21-11-7-6-10-19(18)21/h6-7,10-11,14-15,25H,8-9,12-13H2,1-5H3,(H2,23,24,26). The van der Waals surface area contributed by atoms with Crippen molar-refractivity contribution in [1.82, 2.24) is 25.4 Å². The molecule has 0 saturated heterocycles. The summed E-state index contributed by atoms with van der Waals surface area (Å²) in [6.45, 7) is 7.27. The number of hydrogen-bond donors (Lipinski definition) is 3. The van der Waals surface area contributed by atoms with Gasteiger partial charge in [-0.1, -0.05) is 18.2 Å². The first-order chi connectivity index (χ1) is 13.5. The van der Waals surface area contributed by atoms with Crippen LogP contribution in [0.25, 0.3) is 10.9 Å². The van der Waals surface area contributed by atoms with E-state index in [1.54, 1.807) is 0 Å². The SMILES string of the molecule is CN=C(NCCCc1c[nH]c2ccccc12)NC(C)Cc1c(C)nn(C)c1C. The molecule has 6 heteroatoms. The van der Waals surface area contributed by atoms with Gasteiger partial charge >= 0.3 is 0 Å². The van der Waals surface area contributed by atoms with Crippen molar-refractivity contribution < 1.29 is 0 Å². The highest BCUT2D eigenvalue weighted by atomic mass is 15.3. The summed E-state index contributed by atoms with van der Waals surface area (Å²) in [5.41, 5.74) is 6.23. The van der Waals surface area contributed by atoms with Gasteiger partial charge in [0.25, 0.3) is 0 Å². The Kier molecular flexibility index (Phi) is 6.39. The van der Waals surface area contributed by atoms with Crippen molar-refractivity contribution in [2.75, 3.05) is 13.6 Å². The number of para-hydroxylation sites is 1. The Labute approximate surface area is 167 Å². The number of benzene rings is 1. The first-order valence-corrected chi connectivity index (χ1v) is 10.0. The fourth-order valence-corrected chi connectivity index (χ4v) is 3.72. The number of nitrogens with zero attached hydrogens (tertiary/aromatic N) is 3. The Morgan fingerprint density at radius 2 is 2.07 bits per heavy atom. The van der Waals surface area contributed by atoms with Crippen LogP contribution in [0.1, 0.15) is 35.9 Å². The fourth-order valence-electron chi connectivity index (χ4n) is 3.72. The topological polar surface area (TPSA) is 70.0 Å². The largest absolute Gasteiger partial charge is 0.361 e. The van der Waals surface area contributed by atoms with Crippen molar-refractivity contribution in [2.45, 2.75) is 46.1 Å². The molecule has 0 amide bonds. The van der Waals surface area contributed by atoms with E-state index in [1.165, 1.54) is 27.7 Å². The van der Waals surface area contributed by atoms with E-state index >= 15 is 0 Å². The zero-order valence-corrected chi connectivity index (χ0v) is 17.6. The van der Waals surface area contributed by atoms with Gasteiger partial charge in [-0.15, -0.1) is 0 Å². The second kappa shape index (κ2) is 8.95. The Morgan fingerprint density at radius 1 is 1.29 bits per heavy atom. The molecule has 1 atom stereocenters. The van der Waals surface area contributed by atoms with E-state index in [0.717, 1.165) is 37.5 Å². The minimum atomic E-state index is 0.279. The highest BCUT2D eigenvalue weighted by Crippen LogP contribution is 2.18. The van der Waals surface area contributed by atoms with E-state index in [9.17, 15) is 0 Å². The maximum Gasteiger partial charge on any atom is 0.191 e. The highest BCUT2D eigenvalue weighted by molar-refractivity contribution is 5.83. The van der Waals surface area contributed by atoms with Crippen molar-refractivity contribution in [3.63, 3.8) is 0 Å². The first-order valence-electron chi connectivity index (χ1n) is 10.0. The second-order valence-electron chi connectivity index (χ2n) is 7.48. The Hall–Kier alpha value is -2.76. The van der Waals surface area contributed by atoms with Crippen molar-refractivity contribution in [3.8, 4) is 0 Å². The predicted molar refractivity (Wildman–Crippen MR) is 117 cm³/mol. The van der Waals surface area contributed by atoms with Crippen LogP contribution in [0.3, 0.4) is 0 Å². The molecule has 3 N–H and O–H groups in total. The fraction of sp³-hybridized carbons (Fsp3) is 0.455. The van der Waals surface area contributed by atoms with Crippen LogP contribution in [-0.4, -0.2) is 40.4 Å². The number of fused-ring (bicyclic) bond motifs is 1. The number of hydrogen-bond acceptors (Lipinski definition) is 2. The summed E-state index contributed by atoms with van der Waals surface area (Å²) in [4.78, 5) is 7.72. The summed E-state index contributed by atoms with van der Waals surface area (Å²) in [6.07, 6.45) is 5.15. The summed E-state index contributed by atoms with van der Waals surface area (Å²) < 4.78 is 1.95. The van der Waals surface area contributed by atoms with Crippen molar-refractivity contribution >= 4 is 16.9 Å². The molecule has 3 aromatic rings. The summed E-state index contributed by atoms with van der Waals surface area (Å²) in [6, 6.07) is 8.74. The third kappa shape index (κ3) is 4.55. The molecular formula is C22H32N6. The van der Waals surface area contributed by atoms with Crippen LogP contribution in [0.2, 0.25) is 0 Å². The summed E-state index contributed by atoms with van der Waals surface area (Å²) >= 11 is 0. The van der Waals surface area contributed by atoms with Crippen molar-refractivity contribution in [1.29, 1.82) is 0 Å². The maximum atomic E-state index is 4.51. The second-order valence-corrected chi connectivity index (χ2v) is 7.48. The molecule has 0 aliphatic rings. The number of aromatic nitrogens is 3. The molecule has 3 rings (SSSR count). The van der Waals surface area contributed by atoms with E-state index in [0.29, 0.717) is 0 Å². The Balaban J connectivity index is 1.46. The minimum absolute atomic E-state index is 0.279. The molecule has 150 valence electrons. The molecule has 2 aromatic heterocycles. The monoisotopic (exact) mass is 380 g/mol. The number of aliphatic imine (C=N–C) groups is 1. The van der Waals surface area contributed by atoms with Crippen molar-refractivity contribution in [3.05, 3.63) is 53.0 Å². The summed E-state index contributed by atoms with van der Waals surface area (Å²) in [7, 11) is 3.82. The van der Waals surface area contributed by atoms with Gasteiger partial charge in [-0.05, 0) is 57.2 Å². The highest BCUT2D eigenvalue weighted by Gasteiger charge is 2.14. The van der Waals surface area contributed by atoms with E-state index in [1.807, 2.05) is 18.8 Å². The summed E-state index contributed by atoms with van der Waals surface area (Å²) in [5.74, 6) is 0.852. The van der Waals surface area contributed by atoms with Gasteiger partial charge < -0.3 is 15.6 Å². The lowest BCUT2D eigenvalue weighted by Gasteiger charge is -2.18. The van der Waals surface area contributed by atoms with Gasteiger partial charge in [0.05, 0.1) is 5.69 Å². The molecule has 0 fully saturated rings. The molecule has 2 heterocycles. The van der Waals surface area contributed by atoms with Gasteiger partial charge in [-0.25, -0.2) is 0 Å². The quantitative estimate of drug-likeness (QED) is 0.335. The van der Waals surface area contributed by atoms with Crippen LogP contribution >= 0.6 is 0 Å². The average molecular weight is 381 g/mol. The third-order valence-electron chi connectivity index (χ3n) is 5.37. The van der Waals surface area contributed by atoms with Gasteiger partial charge in [-0.2, -0.15) is 5.10 Å². The molecule has 0 spiro atoms. The lowest BCUT2D eigenvalue weighted by Crippen LogP contribution is -2.43. The number of aromatic amines is 1. The van der Waals surface area contributed by atoms with Crippen molar-refractivity contribution in [2.24, 2.45) is 12.0 Å². The van der Waals surface area contributed by atoms with Gasteiger partial charge in [0.15, 0.2) is 5.96 Å². The van der Waals surface area contributed by atoms with Crippen LogP contribution in [0.4, 0.5) is 0 Å². The van der Waals surface area contributed by atoms with Crippen LogP contribution in [0, 0.1) is 13.8 Å². The predicted octanol–water partition coefficient (Wildman–Crippen LogP) is 3.25. The molecule has 0 saturated carbocycles. The van der Waals surface area contributed by atoms with Crippen LogP contribution in [0.15, 0.2) is 35.5 Å². The lowest BCUT2D eigenvalue weighted by atomic mass is 10.1. The van der Waals surface area contributed by atoms with Gasteiger partial charge in [0.2, 0.25) is 0 Å². The molecule has 28 heavy (non-hydrogen) atoms. The van der Waals surface area contributed by atoms with Crippen LogP contribution < -0.4 is 10.6 Å². The molecule has 0 aliphatic carbocycles. The number of rotatable bonds is 7. The van der Waals surface area contributed by atoms with Gasteiger partial charge in [0.1, 0.15) is 0 Å². The van der Waals surface area contributed by atoms with E-state index in [4.69, 9.17) is 0 Å². The normalized spacial score (nSPS) is 13.1. The molecular weight excluding hydrogens is 348 g/mol. The van der Waals surface area contributed by atoms with E-state index in [-0.39, 0.29) is 6.04 Å². The minimum Gasteiger partial charge on any atom is -0.361 e. The third-order valence-corrected chi connectivity index (χ3v) is 5.37. The maximum absolute atomic E-state index is 4.51. The van der Waals surface area contributed by atoms with Gasteiger partial charge in [0, 0.05) is 49.5 Å². The molecule has 6 nitrogen and oxygen atoms in total. The zero-order valence-electron chi connectivity index (χ0n) is 17.6. The molecule has 0 bridgehead atoms. The Bertz CT molecular complexity index is 949. The smallest absolute Gasteiger partial charge is 0.191 e. The average Bonchev–Trinajstić information content (AvgIpc) is 3.20. The first kappa shape index (κ1) is 20.0. The van der Waals surface area contributed by atoms with Crippen LogP contribution in [0.5, 0.6) is 0 Å². The van der Waals surface area contributed by atoms with Gasteiger partial charge in [-0.3, -0.25) is 9.67 Å². The van der Waals surface area contributed by atoms with E-state index < -0.39 is 0 Å². The molecule has 0 aliphatic heterocycles. The van der Waals surface area contributed by atoms with E-state index in [2.05, 4.69) is 76.9 Å². The molecule has 1 unspecified atom stereocenters. The lowest BCUT2D eigenvalue weighted by molar-refractivity contribution is 0.631. The zero-order chi connectivity index (χ0) is 20.1. The number of guanidine groups is 1.